The van der Waals surface area contributed by atoms with Crippen LogP contribution in [0.2, 0.25) is 75.8 Å². The summed E-state index contributed by atoms with van der Waals surface area (Å²) in [6, 6.07) is 0. The maximum Gasteiger partial charge on any atom is 0.185 e. The molecule has 0 aromatic heterocycles. The third kappa shape index (κ3) is 3.42. The highest BCUT2D eigenvalue weighted by atomic mass is 28.5. The van der Waals surface area contributed by atoms with Crippen molar-refractivity contribution in [3.05, 3.63) is 0 Å². The largest absolute Gasteiger partial charge is 0.415 e. The highest BCUT2D eigenvalue weighted by Crippen LogP contribution is 2.59. The minimum Gasteiger partial charge on any atom is -0.415 e. The standard InChI is InChI=1S/C15H40OSi4/c1-14(2)16-20(12,13)15(17(3,4)5,18(6,7)8)19(9,10)11/h14H,1-13H3/i12D3,13D3. The number of rotatable bonds is 6. The van der Waals surface area contributed by atoms with Crippen LogP contribution in [-0.2, 0) is 4.43 Å². The van der Waals surface area contributed by atoms with Crippen molar-refractivity contribution in [2.75, 3.05) is 0 Å². The summed E-state index contributed by atoms with van der Waals surface area (Å²) in [6.45, 7) is 17.9. The van der Waals surface area contributed by atoms with E-state index in [-0.39, 0.29) is 0 Å². The zero-order valence-electron chi connectivity index (χ0n) is 21.5. The second kappa shape index (κ2) is 5.79. The fourth-order valence-corrected chi connectivity index (χ4v) is 46.5. The van der Waals surface area contributed by atoms with E-state index in [0.29, 0.717) is 0 Å². The molecule has 0 N–H and O–H groups in total. The monoisotopic (exact) mass is 354 g/mol. The van der Waals surface area contributed by atoms with Crippen molar-refractivity contribution in [3.63, 3.8) is 0 Å². The Labute approximate surface area is 141 Å². The van der Waals surface area contributed by atoms with E-state index in [4.69, 9.17) is 12.7 Å². The molecule has 0 radical (unpaired) electrons. The van der Waals surface area contributed by atoms with Gasteiger partial charge in [0.1, 0.15) is 0 Å². The van der Waals surface area contributed by atoms with Crippen LogP contribution < -0.4 is 0 Å². The van der Waals surface area contributed by atoms with Crippen LogP contribution >= 0.6 is 0 Å². The molecule has 0 aliphatic heterocycles. The van der Waals surface area contributed by atoms with Gasteiger partial charge >= 0.3 is 0 Å². The minimum atomic E-state index is -4.26. The second-order valence-electron chi connectivity index (χ2n) is 9.35. The van der Waals surface area contributed by atoms with E-state index in [2.05, 4.69) is 58.9 Å². The van der Waals surface area contributed by atoms with Crippen molar-refractivity contribution in [1.82, 2.24) is 0 Å². The minimum absolute atomic E-state index is 0.425. The molecular weight excluding hydrogens is 309 g/mol. The summed E-state index contributed by atoms with van der Waals surface area (Å²) in [4.78, 5) is 0. The summed E-state index contributed by atoms with van der Waals surface area (Å²) in [5.41, 5.74) is 0. The van der Waals surface area contributed by atoms with Gasteiger partial charge in [-0.1, -0.05) is 58.9 Å². The van der Waals surface area contributed by atoms with Gasteiger partial charge < -0.3 is 4.43 Å². The normalized spacial score (nSPS) is 21.6. The molecule has 122 valence electrons. The van der Waals surface area contributed by atoms with Gasteiger partial charge in [-0.15, -0.1) is 0 Å². The van der Waals surface area contributed by atoms with Gasteiger partial charge in [-0.2, -0.15) is 0 Å². The number of hydrogen-bond acceptors (Lipinski definition) is 1. The molecule has 0 atom stereocenters. The molecule has 0 aliphatic carbocycles. The molecule has 0 saturated carbocycles. The molecule has 1 nitrogen and oxygen atoms in total. The first-order valence-corrected chi connectivity index (χ1v) is 20.0. The Morgan fingerprint density at radius 3 is 1.20 bits per heavy atom. The van der Waals surface area contributed by atoms with Crippen molar-refractivity contribution in [3.8, 4) is 0 Å². The number of hydrogen-bond donors (Lipinski definition) is 0. The predicted molar refractivity (Wildman–Crippen MR) is 106 cm³/mol. The fraction of sp³-hybridized carbons (Fsp3) is 1.00. The van der Waals surface area contributed by atoms with Gasteiger partial charge in [0.2, 0.25) is 0 Å². The van der Waals surface area contributed by atoms with Gasteiger partial charge in [0.25, 0.3) is 0 Å². The van der Waals surface area contributed by atoms with Crippen LogP contribution in [0.15, 0.2) is 0 Å². The molecule has 0 heterocycles. The first-order chi connectivity index (χ1) is 10.9. The van der Waals surface area contributed by atoms with Crippen molar-refractivity contribution < 1.29 is 12.7 Å². The quantitative estimate of drug-likeness (QED) is 0.532. The van der Waals surface area contributed by atoms with Crippen LogP contribution in [0, 0.1) is 0 Å². The molecule has 20 heavy (non-hydrogen) atoms. The summed E-state index contributed by atoms with van der Waals surface area (Å²) in [7, 11) is -11.1. The molecule has 0 rings (SSSR count). The molecule has 0 aromatic rings. The Kier molecular flexibility index (Phi) is 3.56. The summed E-state index contributed by atoms with van der Waals surface area (Å²) >= 11 is 0. The Hall–Kier alpha value is 0.828. The van der Waals surface area contributed by atoms with Gasteiger partial charge in [-0.25, -0.2) is 0 Å². The molecule has 0 spiro atoms. The first-order valence-electron chi connectivity index (χ1n) is 10.6. The lowest BCUT2D eigenvalue weighted by Crippen LogP contribution is -2.76. The van der Waals surface area contributed by atoms with Gasteiger partial charge in [0.15, 0.2) is 8.32 Å². The van der Waals surface area contributed by atoms with E-state index in [1.807, 2.05) is 0 Å². The van der Waals surface area contributed by atoms with Crippen LogP contribution in [0.25, 0.3) is 0 Å². The lowest BCUT2D eigenvalue weighted by atomic mass is 10.5. The molecular formula is C15H40OSi4. The Balaban J connectivity index is 7.85. The Morgan fingerprint density at radius 1 is 0.750 bits per heavy atom. The third-order valence-electron chi connectivity index (χ3n) is 4.32. The molecule has 0 bridgehead atoms. The van der Waals surface area contributed by atoms with E-state index in [1.54, 1.807) is 13.8 Å². The van der Waals surface area contributed by atoms with Gasteiger partial charge in [-0.3, -0.25) is 0 Å². The van der Waals surface area contributed by atoms with Crippen molar-refractivity contribution in [1.29, 1.82) is 0 Å². The van der Waals surface area contributed by atoms with E-state index in [0.717, 1.165) is 0 Å². The van der Waals surface area contributed by atoms with Crippen molar-refractivity contribution >= 4 is 32.5 Å². The lowest BCUT2D eigenvalue weighted by Gasteiger charge is -2.65. The average molecular weight is 355 g/mol. The molecule has 0 amide bonds. The zero-order chi connectivity index (χ0) is 21.8. The first kappa shape index (κ1) is 12.3. The van der Waals surface area contributed by atoms with Crippen LogP contribution in [0.4, 0.5) is 0 Å². The van der Waals surface area contributed by atoms with Crippen LogP contribution in [0.5, 0.6) is 0 Å². The SMILES string of the molecule is [2H]C([2H])([2H])[Si](OC(C)C)(C([2H])([2H])[2H])C([Si](C)(C)C)([Si](C)(C)C)[Si](C)(C)C. The smallest absolute Gasteiger partial charge is 0.185 e. The van der Waals surface area contributed by atoms with E-state index in [1.165, 1.54) is 0 Å². The molecule has 0 aliphatic rings. The summed E-state index contributed by atoms with van der Waals surface area (Å²) in [5, 5.41) is 0. The lowest BCUT2D eigenvalue weighted by molar-refractivity contribution is 0.229. The summed E-state index contributed by atoms with van der Waals surface area (Å²) in [5.74, 6) is 0. The molecule has 0 fully saturated rings. The Morgan fingerprint density at radius 2 is 1.05 bits per heavy atom. The molecule has 0 saturated heterocycles. The maximum absolute atomic E-state index is 8.56. The average Bonchev–Trinajstić information content (AvgIpc) is 2.17. The van der Waals surface area contributed by atoms with Crippen LogP contribution in [0.3, 0.4) is 0 Å². The zero-order valence-corrected chi connectivity index (χ0v) is 19.5. The Bertz CT molecular complexity index is 445. The predicted octanol–water partition coefficient (Wildman–Crippen LogP) is 5.99. The van der Waals surface area contributed by atoms with E-state index >= 15 is 0 Å². The van der Waals surface area contributed by atoms with Crippen LogP contribution in [0.1, 0.15) is 22.1 Å². The van der Waals surface area contributed by atoms with Crippen molar-refractivity contribution in [2.45, 2.75) is 95.7 Å². The highest BCUT2D eigenvalue weighted by molar-refractivity contribution is 7.28. The van der Waals surface area contributed by atoms with Crippen molar-refractivity contribution in [2.24, 2.45) is 0 Å². The van der Waals surface area contributed by atoms with E-state index < -0.39 is 55.5 Å². The second-order valence-corrected chi connectivity index (χ2v) is 30.4. The third-order valence-corrected chi connectivity index (χ3v) is 36.4. The summed E-state index contributed by atoms with van der Waals surface area (Å²) in [6.07, 6.45) is -0.425. The maximum atomic E-state index is 8.56. The molecule has 0 aromatic carbocycles. The fourth-order valence-electron chi connectivity index (χ4n) is 5.40. The van der Waals surface area contributed by atoms with Gasteiger partial charge in [0, 0.05) is 38.6 Å². The highest BCUT2D eigenvalue weighted by Gasteiger charge is 2.68. The van der Waals surface area contributed by atoms with Gasteiger partial charge in [-0.05, 0) is 30.7 Å². The van der Waals surface area contributed by atoms with E-state index in [9.17, 15) is 0 Å². The van der Waals surface area contributed by atoms with Gasteiger partial charge in [0.05, 0.1) is 0 Å². The summed E-state index contributed by atoms with van der Waals surface area (Å²) < 4.78 is 57.0. The molecule has 0 unspecified atom stereocenters. The molecule has 5 heteroatoms. The van der Waals surface area contributed by atoms with Crippen LogP contribution in [-0.4, -0.2) is 38.6 Å². The topological polar surface area (TPSA) is 9.23 Å².